The minimum Gasteiger partial charge on any atom is -0.479 e. The lowest BCUT2D eigenvalue weighted by Gasteiger charge is -2.14. The van der Waals surface area contributed by atoms with Crippen LogP contribution in [0.15, 0.2) is 54.4 Å². The highest BCUT2D eigenvalue weighted by atomic mass is 19.4. The van der Waals surface area contributed by atoms with Crippen LogP contribution in [0.2, 0.25) is 0 Å². The van der Waals surface area contributed by atoms with Crippen molar-refractivity contribution in [1.82, 2.24) is 4.98 Å². The van der Waals surface area contributed by atoms with Crippen molar-refractivity contribution in [3.63, 3.8) is 0 Å². The van der Waals surface area contributed by atoms with Crippen LogP contribution < -0.4 is 9.47 Å². The van der Waals surface area contributed by atoms with Crippen molar-refractivity contribution in [3.8, 4) is 17.4 Å². The van der Waals surface area contributed by atoms with Gasteiger partial charge in [-0.2, -0.15) is 13.2 Å². The Morgan fingerprint density at radius 3 is 2.17 bits per heavy atom. The molecule has 0 fully saturated rings. The predicted octanol–water partition coefficient (Wildman–Crippen LogP) is 4.70. The summed E-state index contributed by atoms with van der Waals surface area (Å²) in [5, 5.41) is 0. The van der Waals surface area contributed by atoms with Gasteiger partial charge in [0.05, 0.1) is 5.56 Å². The maximum atomic E-state index is 12.5. The van der Waals surface area contributed by atoms with Crippen LogP contribution in [-0.4, -0.2) is 22.8 Å². The molecule has 154 valence electrons. The molecule has 1 aromatic heterocycles. The van der Waals surface area contributed by atoms with Gasteiger partial charge in [0, 0.05) is 18.3 Å². The van der Waals surface area contributed by atoms with Crippen LogP contribution in [0, 0.1) is 0 Å². The fourth-order valence-corrected chi connectivity index (χ4v) is 2.12. The van der Waals surface area contributed by atoms with E-state index in [0.717, 1.165) is 12.1 Å². The Kier molecular flexibility index (Phi) is 6.98. The number of carbonyl (C=O) groups excluding carboxylic acids is 2. The van der Waals surface area contributed by atoms with Crippen molar-refractivity contribution in [2.24, 2.45) is 0 Å². The molecule has 0 radical (unpaired) electrons. The van der Waals surface area contributed by atoms with E-state index >= 15 is 0 Å². The average molecular weight is 409 g/mol. The van der Waals surface area contributed by atoms with Crippen LogP contribution in [0.1, 0.15) is 26.3 Å². The highest BCUT2D eigenvalue weighted by Crippen LogP contribution is 2.30. The van der Waals surface area contributed by atoms with E-state index in [0.29, 0.717) is 17.7 Å². The molecule has 0 saturated heterocycles. The van der Waals surface area contributed by atoms with Crippen molar-refractivity contribution in [3.05, 3.63) is 60.0 Å². The molecule has 29 heavy (non-hydrogen) atoms. The monoisotopic (exact) mass is 409 g/mol. The van der Waals surface area contributed by atoms with Gasteiger partial charge in [0.25, 0.3) is 0 Å². The summed E-state index contributed by atoms with van der Waals surface area (Å²) in [7, 11) is 0. The molecular formula is C20H18F3NO5. The van der Waals surface area contributed by atoms with E-state index in [4.69, 9.17) is 14.2 Å². The van der Waals surface area contributed by atoms with Gasteiger partial charge in [-0.05, 0) is 51.1 Å². The number of nitrogens with zero attached hydrogens (tertiary/aromatic N) is 1. The fourth-order valence-electron chi connectivity index (χ4n) is 2.12. The Balaban J connectivity index is 1.94. The molecule has 1 aromatic carbocycles. The summed E-state index contributed by atoms with van der Waals surface area (Å²) in [6.07, 6.45) is -3.54. The Labute approximate surface area is 164 Å². The SMILES string of the molecule is CC(=O)C=C(C)OC(=O)C(C)Oc1ccc(Oc2ccc(C(F)(F)F)cn2)cc1. The molecule has 0 aliphatic rings. The van der Waals surface area contributed by atoms with Crippen LogP contribution in [-0.2, 0) is 20.5 Å². The summed E-state index contributed by atoms with van der Waals surface area (Å²) in [6, 6.07) is 8.03. The molecule has 0 bridgehead atoms. The zero-order chi connectivity index (χ0) is 21.6. The highest BCUT2D eigenvalue weighted by Gasteiger charge is 2.30. The van der Waals surface area contributed by atoms with E-state index in [9.17, 15) is 22.8 Å². The van der Waals surface area contributed by atoms with Gasteiger partial charge in [0.2, 0.25) is 5.88 Å². The second kappa shape index (κ2) is 9.22. The minimum absolute atomic E-state index is 0.00338. The summed E-state index contributed by atoms with van der Waals surface area (Å²) in [4.78, 5) is 26.5. The van der Waals surface area contributed by atoms with Gasteiger partial charge in [-0.15, -0.1) is 0 Å². The van der Waals surface area contributed by atoms with Crippen molar-refractivity contribution < 1.29 is 37.0 Å². The lowest BCUT2D eigenvalue weighted by Crippen LogP contribution is -2.25. The standard InChI is InChI=1S/C20H18F3NO5/c1-12(25)10-13(2)27-19(26)14(3)28-16-5-7-17(8-6-16)29-18-9-4-15(11-24-18)20(21,22)23/h4-11,14H,1-3H3. The first-order valence-electron chi connectivity index (χ1n) is 8.43. The first kappa shape index (κ1) is 21.9. The largest absolute Gasteiger partial charge is 0.479 e. The number of benzene rings is 1. The molecule has 0 spiro atoms. The van der Waals surface area contributed by atoms with Crippen LogP contribution in [0.25, 0.3) is 0 Å². The maximum absolute atomic E-state index is 12.5. The zero-order valence-electron chi connectivity index (χ0n) is 15.8. The van der Waals surface area contributed by atoms with Gasteiger partial charge in [-0.1, -0.05) is 0 Å². The number of pyridine rings is 1. The van der Waals surface area contributed by atoms with Crippen LogP contribution in [0.4, 0.5) is 13.2 Å². The van der Waals surface area contributed by atoms with Crippen molar-refractivity contribution in [1.29, 1.82) is 0 Å². The molecule has 9 heteroatoms. The number of aromatic nitrogens is 1. The molecule has 6 nitrogen and oxygen atoms in total. The number of halogens is 3. The van der Waals surface area contributed by atoms with Crippen LogP contribution in [0.5, 0.6) is 17.4 Å². The third-order valence-corrected chi connectivity index (χ3v) is 3.42. The van der Waals surface area contributed by atoms with Crippen LogP contribution in [0.3, 0.4) is 0 Å². The number of alkyl halides is 3. The quantitative estimate of drug-likeness (QED) is 0.375. The number of hydrogen-bond donors (Lipinski definition) is 0. The summed E-state index contributed by atoms with van der Waals surface area (Å²) < 4.78 is 53.4. The number of ketones is 1. The molecule has 1 unspecified atom stereocenters. The van der Waals surface area contributed by atoms with Crippen LogP contribution >= 0.6 is 0 Å². The van der Waals surface area contributed by atoms with Crippen molar-refractivity contribution in [2.45, 2.75) is 33.1 Å². The Bertz CT molecular complexity index is 890. The smallest absolute Gasteiger partial charge is 0.417 e. The van der Waals surface area contributed by atoms with E-state index < -0.39 is 23.8 Å². The number of hydrogen-bond acceptors (Lipinski definition) is 6. The summed E-state index contributed by atoms with van der Waals surface area (Å²) in [5.74, 6) is -0.103. The molecule has 1 atom stereocenters. The average Bonchev–Trinajstić information content (AvgIpc) is 2.62. The Morgan fingerprint density at radius 2 is 1.66 bits per heavy atom. The molecule has 0 aliphatic carbocycles. The molecule has 0 amide bonds. The van der Waals surface area contributed by atoms with E-state index in [-0.39, 0.29) is 17.4 Å². The number of ether oxygens (including phenoxy) is 3. The Hall–Kier alpha value is -3.36. The number of esters is 1. The van der Waals surface area contributed by atoms with Crippen molar-refractivity contribution >= 4 is 11.8 Å². The predicted molar refractivity (Wildman–Crippen MR) is 96.4 cm³/mol. The third-order valence-electron chi connectivity index (χ3n) is 3.42. The first-order valence-corrected chi connectivity index (χ1v) is 8.43. The van der Waals surface area contributed by atoms with E-state index in [1.165, 1.54) is 51.1 Å². The van der Waals surface area contributed by atoms with Gasteiger partial charge in [-0.25, -0.2) is 9.78 Å². The first-order chi connectivity index (χ1) is 13.5. The van der Waals surface area contributed by atoms with E-state index in [1.807, 2.05) is 0 Å². The van der Waals surface area contributed by atoms with Gasteiger partial charge in [0.15, 0.2) is 11.9 Å². The minimum atomic E-state index is -4.47. The van der Waals surface area contributed by atoms with Gasteiger partial charge in [0.1, 0.15) is 17.3 Å². The lowest BCUT2D eigenvalue weighted by atomic mass is 10.3. The maximum Gasteiger partial charge on any atom is 0.417 e. The lowest BCUT2D eigenvalue weighted by molar-refractivity contribution is -0.146. The van der Waals surface area contributed by atoms with Gasteiger partial charge >= 0.3 is 12.1 Å². The summed E-state index contributed by atoms with van der Waals surface area (Å²) in [6.45, 7) is 4.30. The molecular weight excluding hydrogens is 391 g/mol. The molecule has 0 saturated carbocycles. The van der Waals surface area contributed by atoms with Gasteiger partial charge in [-0.3, -0.25) is 4.79 Å². The molecule has 0 aliphatic heterocycles. The summed E-state index contributed by atoms with van der Waals surface area (Å²) >= 11 is 0. The highest BCUT2D eigenvalue weighted by molar-refractivity contribution is 5.88. The van der Waals surface area contributed by atoms with Crippen molar-refractivity contribution in [2.75, 3.05) is 0 Å². The Morgan fingerprint density at radius 1 is 1.03 bits per heavy atom. The molecule has 2 aromatic rings. The normalized spacial score (nSPS) is 12.8. The molecule has 1 heterocycles. The fraction of sp³-hybridized carbons (Fsp3) is 0.250. The molecule has 2 rings (SSSR count). The third kappa shape index (κ3) is 6.95. The van der Waals surface area contributed by atoms with E-state index in [2.05, 4.69) is 4.98 Å². The van der Waals surface area contributed by atoms with Gasteiger partial charge < -0.3 is 14.2 Å². The molecule has 0 N–H and O–H groups in total. The second-order valence-corrected chi connectivity index (χ2v) is 6.00. The van der Waals surface area contributed by atoms with E-state index in [1.54, 1.807) is 0 Å². The topological polar surface area (TPSA) is 74.7 Å². The summed E-state index contributed by atoms with van der Waals surface area (Å²) in [5.41, 5.74) is -0.872. The number of allylic oxidation sites excluding steroid dienone is 2. The zero-order valence-corrected chi connectivity index (χ0v) is 15.8. The number of carbonyl (C=O) groups is 2. The second-order valence-electron chi connectivity index (χ2n) is 6.00. The number of rotatable bonds is 7.